The molecule has 5 heteroatoms. The minimum Gasteiger partial charge on any atom is -0.436 e. The van der Waals surface area contributed by atoms with Gasteiger partial charge in [-0.3, -0.25) is 4.90 Å². The first kappa shape index (κ1) is 18.9. The summed E-state index contributed by atoms with van der Waals surface area (Å²) < 4.78 is 6.91. The highest BCUT2D eigenvalue weighted by molar-refractivity contribution is 9.10. The number of halogens is 1. The number of aliphatic hydroxyl groups is 1. The van der Waals surface area contributed by atoms with Crippen molar-refractivity contribution in [1.29, 1.82) is 0 Å². The van der Waals surface area contributed by atoms with Gasteiger partial charge in [-0.15, -0.1) is 0 Å². The zero-order chi connectivity index (χ0) is 18.9. The van der Waals surface area contributed by atoms with Gasteiger partial charge in [-0.2, -0.15) is 0 Å². The molecule has 3 rings (SSSR count). The van der Waals surface area contributed by atoms with Gasteiger partial charge >= 0.3 is 6.09 Å². The monoisotopic (exact) mass is 417 g/mol. The lowest BCUT2D eigenvalue weighted by Crippen LogP contribution is -2.39. The number of benzene rings is 2. The lowest BCUT2D eigenvalue weighted by molar-refractivity contribution is -0.0327. The van der Waals surface area contributed by atoms with Gasteiger partial charge in [0.15, 0.2) is 5.60 Å². The van der Waals surface area contributed by atoms with E-state index in [-0.39, 0.29) is 12.1 Å². The summed E-state index contributed by atoms with van der Waals surface area (Å²) in [5, 5.41) is 10.4. The molecular weight excluding hydrogens is 394 g/mol. The van der Waals surface area contributed by atoms with Crippen LogP contribution in [0.25, 0.3) is 0 Å². The molecule has 138 valence electrons. The molecule has 1 fully saturated rings. The predicted molar refractivity (Wildman–Crippen MR) is 105 cm³/mol. The molecule has 2 atom stereocenters. The maximum atomic E-state index is 12.7. The van der Waals surface area contributed by atoms with E-state index in [4.69, 9.17) is 4.74 Å². The number of cyclic esters (lactones) is 1. The molecule has 1 aliphatic heterocycles. The van der Waals surface area contributed by atoms with Gasteiger partial charge in [-0.05, 0) is 44.0 Å². The highest BCUT2D eigenvalue weighted by Gasteiger charge is 2.50. The molecule has 0 radical (unpaired) electrons. The fourth-order valence-corrected chi connectivity index (χ4v) is 3.86. The first-order chi connectivity index (χ1) is 12.2. The van der Waals surface area contributed by atoms with E-state index in [1.165, 1.54) is 0 Å². The Labute approximate surface area is 162 Å². The van der Waals surface area contributed by atoms with Crippen molar-refractivity contribution < 1.29 is 14.6 Å². The van der Waals surface area contributed by atoms with Crippen molar-refractivity contribution in [2.45, 2.75) is 44.4 Å². The van der Waals surface area contributed by atoms with Gasteiger partial charge in [-0.25, -0.2) is 4.79 Å². The summed E-state index contributed by atoms with van der Waals surface area (Å²) in [4.78, 5) is 14.5. The van der Waals surface area contributed by atoms with Crippen molar-refractivity contribution in [2.75, 3.05) is 6.54 Å². The molecule has 1 aliphatic rings. The fraction of sp³-hybridized carbons (Fsp3) is 0.381. The van der Waals surface area contributed by atoms with Gasteiger partial charge < -0.3 is 9.84 Å². The summed E-state index contributed by atoms with van der Waals surface area (Å²) in [6.07, 6.45) is -0.0206. The Morgan fingerprint density at radius 3 is 2.38 bits per heavy atom. The standard InChI is InChI=1S/C21H24BrNO3/c1-15(16-9-11-18(22)12-10-16)23-14-21(26-19(23)24,13-20(2,3)25)17-7-5-4-6-8-17/h4-12,15,25H,13-14H2,1-3H3/t15-,21-/m0/s1. The molecule has 0 spiro atoms. The summed E-state index contributed by atoms with van der Waals surface area (Å²) in [5.74, 6) is 0. The average Bonchev–Trinajstić information content (AvgIpc) is 2.91. The number of amides is 1. The molecule has 1 heterocycles. The summed E-state index contributed by atoms with van der Waals surface area (Å²) in [6, 6.07) is 17.5. The third-order valence-electron chi connectivity index (χ3n) is 4.78. The van der Waals surface area contributed by atoms with Gasteiger partial charge in [0.05, 0.1) is 18.2 Å². The lowest BCUT2D eigenvalue weighted by atomic mass is 9.83. The minimum atomic E-state index is -0.965. The number of hydrogen-bond acceptors (Lipinski definition) is 3. The lowest BCUT2D eigenvalue weighted by Gasteiger charge is -2.33. The molecule has 2 aromatic carbocycles. The van der Waals surface area contributed by atoms with Crippen LogP contribution in [0.15, 0.2) is 59.1 Å². The summed E-state index contributed by atoms with van der Waals surface area (Å²) in [7, 11) is 0. The molecule has 4 nitrogen and oxygen atoms in total. The van der Waals surface area contributed by atoms with Crippen molar-refractivity contribution in [3.05, 3.63) is 70.2 Å². The van der Waals surface area contributed by atoms with E-state index in [1.807, 2.05) is 61.5 Å². The van der Waals surface area contributed by atoms with Crippen molar-refractivity contribution >= 4 is 22.0 Å². The Balaban J connectivity index is 1.94. The largest absolute Gasteiger partial charge is 0.436 e. The van der Waals surface area contributed by atoms with Crippen molar-refractivity contribution in [3.8, 4) is 0 Å². The van der Waals surface area contributed by atoms with Crippen LogP contribution in [0, 0.1) is 0 Å². The Morgan fingerprint density at radius 2 is 1.81 bits per heavy atom. The quantitative estimate of drug-likeness (QED) is 0.742. The second kappa shape index (κ2) is 7.05. The molecule has 0 saturated carbocycles. The van der Waals surface area contributed by atoms with Gasteiger partial charge in [-0.1, -0.05) is 58.4 Å². The van der Waals surface area contributed by atoms with Crippen LogP contribution >= 0.6 is 15.9 Å². The first-order valence-corrected chi connectivity index (χ1v) is 9.52. The SMILES string of the molecule is C[C@@H](c1ccc(Br)cc1)N1C[C@@](CC(C)(C)O)(c2ccccc2)OC1=O. The number of nitrogens with zero attached hydrogens (tertiary/aromatic N) is 1. The van der Waals surface area contributed by atoms with Crippen LogP contribution in [0.3, 0.4) is 0 Å². The highest BCUT2D eigenvalue weighted by Crippen LogP contribution is 2.42. The second-order valence-electron chi connectivity index (χ2n) is 7.57. The van der Waals surface area contributed by atoms with Crippen molar-refractivity contribution in [2.24, 2.45) is 0 Å². The third kappa shape index (κ3) is 3.94. The topological polar surface area (TPSA) is 49.8 Å². The Hall–Kier alpha value is -1.85. The third-order valence-corrected chi connectivity index (χ3v) is 5.31. The van der Waals surface area contributed by atoms with E-state index < -0.39 is 11.2 Å². The van der Waals surface area contributed by atoms with E-state index in [0.717, 1.165) is 15.6 Å². The summed E-state index contributed by atoms with van der Waals surface area (Å²) in [6.45, 7) is 5.88. The van der Waals surface area contributed by atoms with Crippen LogP contribution in [0.2, 0.25) is 0 Å². The maximum absolute atomic E-state index is 12.7. The first-order valence-electron chi connectivity index (χ1n) is 8.73. The van der Waals surface area contributed by atoms with Crippen LogP contribution < -0.4 is 0 Å². The van der Waals surface area contributed by atoms with Gasteiger partial charge in [0, 0.05) is 10.9 Å². The van der Waals surface area contributed by atoms with Crippen LogP contribution in [0.1, 0.15) is 44.4 Å². The molecule has 1 amide bonds. The van der Waals surface area contributed by atoms with Crippen LogP contribution in [0.4, 0.5) is 4.79 Å². The van der Waals surface area contributed by atoms with E-state index >= 15 is 0 Å². The van der Waals surface area contributed by atoms with Gasteiger partial charge in [0.25, 0.3) is 0 Å². The smallest absolute Gasteiger partial charge is 0.411 e. The van der Waals surface area contributed by atoms with E-state index in [0.29, 0.717) is 13.0 Å². The molecule has 26 heavy (non-hydrogen) atoms. The van der Waals surface area contributed by atoms with E-state index in [2.05, 4.69) is 15.9 Å². The highest BCUT2D eigenvalue weighted by atomic mass is 79.9. The number of rotatable bonds is 5. The van der Waals surface area contributed by atoms with Crippen LogP contribution in [-0.4, -0.2) is 28.2 Å². The molecule has 0 bridgehead atoms. The van der Waals surface area contributed by atoms with Crippen molar-refractivity contribution in [3.63, 3.8) is 0 Å². The number of ether oxygens (including phenoxy) is 1. The number of carbonyl (C=O) groups excluding carboxylic acids is 1. The molecule has 0 unspecified atom stereocenters. The normalized spacial score (nSPS) is 21.6. The molecular formula is C21H24BrNO3. The predicted octanol–water partition coefficient (Wildman–Crippen LogP) is 5.02. The number of carbonyl (C=O) groups is 1. The molecule has 0 aromatic heterocycles. The van der Waals surface area contributed by atoms with E-state index in [9.17, 15) is 9.90 Å². The summed E-state index contributed by atoms with van der Waals surface area (Å²) >= 11 is 3.44. The Morgan fingerprint density at radius 1 is 1.19 bits per heavy atom. The zero-order valence-electron chi connectivity index (χ0n) is 15.3. The fourth-order valence-electron chi connectivity index (χ4n) is 3.60. The molecule has 0 aliphatic carbocycles. The summed E-state index contributed by atoms with van der Waals surface area (Å²) in [5.41, 5.74) is 0.117. The minimum absolute atomic E-state index is 0.122. The number of hydrogen-bond donors (Lipinski definition) is 1. The maximum Gasteiger partial charge on any atom is 0.411 e. The van der Waals surface area contributed by atoms with Crippen molar-refractivity contribution in [1.82, 2.24) is 4.90 Å². The van der Waals surface area contributed by atoms with E-state index in [1.54, 1.807) is 18.7 Å². The van der Waals surface area contributed by atoms with Crippen LogP contribution in [-0.2, 0) is 10.3 Å². The zero-order valence-corrected chi connectivity index (χ0v) is 16.9. The second-order valence-corrected chi connectivity index (χ2v) is 8.49. The Bertz CT molecular complexity index is 770. The molecule has 1 N–H and O–H groups in total. The van der Waals surface area contributed by atoms with Gasteiger partial charge in [0.1, 0.15) is 0 Å². The molecule has 1 saturated heterocycles. The average molecular weight is 418 g/mol. The van der Waals surface area contributed by atoms with Gasteiger partial charge in [0.2, 0.25) is 0 Å². The molecule has 2 aromatic rings. The Kier molecular flexibility index (Phi) is 5.13. The van der Waals surface area contributed by atoms with Crippen LogP contribution in [0.5, 0.6) is 0 Å².